The van der Waals surface area contributed by atoms with Gasteiger partial charge in [-0.2, -0.15) is 5.10 Å². The number of aromatic nitrogens is 2. The van der Waals surface area contributed by atoms with Crippen molar-refractivity contribution in [2.75, 3.05) is 26.2 Å². The van der Waals surface area contributed by atoms with Crippen LogP contribution in [0.15, 0.2) is 12.4 Å². The summed E-state index contributed by atoms with van der Waals surface area (Å²) in [6, 6.07) is -0.0586. The third-order valence-electron chi connectivity index (χ3n) is 3.85. The predicted octanol–water partition coefficient (Wildman–Crippen LogP) is 0.675. The van der Waals surface area contributed by atoms with Gasteiger partial charge >= 0.3 is 0 Å². The minimum Gasteiger partial charge on any atom is -0.341 e. The Morgan fingerprint density at radius 2 is 2.19 bits per heavy atom. The molecule has 6 heteroatoms. The van der Waals surface area contributed by atoms with E-state index in [2.05, 4.69) is 23.1 Å². The number of nitrogens with zero attached hydrogens (tertiary/aromatic N) is 4. The molecule has 1 unspecified atom stereocenters. The van der Waals surface area contributed by atoms with Crippen molar-refractivity contribution in [3.63, 3.8) is 0 Å². The molecule has 0 spiro atoms. The van der Waals surface area contributed by atoms with E-state index in [0.29, 0.717) is 6.42 Å². The van der Waals surface area contributed by atoms with Crippen LogP contribution in [0.5, 0.6) is 0 Å². The minimum absolute atomic E-state index is 0.0586. The Labute approximate surface area is 126 Å². The van der Waals surface area contributed by atoms with Crippen molar-refractivity contribution in [2.24, 2.45) is 5.73 Å². The molecule has 1 aliphatic rings. The molecule has 2 heterocycles. The SMILES string of the molecule is CCn1cc(CN2CCCN(C(=O)CC(C)N)CC2)cn1. The Balaban J connectivity index is 1.84. The molecule has 0 aromatic carbocycles. The number of aryl methyl sites for hydroxylation is 1. The summed E-state index contributed by atoms with van der Waals surface area (Å²) in [6.45, 7) is 9.37. The van der Waals surface area contributed by atoms with Gasteiger partial charge in [-0.15, -0.1) is 0 Å². The molecule has 0 bridgehead atoms. The number of amides is 1. The highest BCUT2D eigenvalue weighted by Gasteiger charge is 2.20. The number of carbonyl (C=O) groups excluding carboxylic acids is 1. The molecule has 1 amide bonds. The van der Waals surface area contributed by atoms with Crippen LogP contribution in [0.1, 0.15) is 32.3 Å². The lowest BCUT2D eigenvalue weighted by atomic mass is 10.2. The summed E-state index contributed by atoms with van der Waals surface area (Å²) in [6.07, 6.45) is 5.51. The second kappa shape index (κ2) is 7.56. The van der Waals surface area contributed by atoms with E-state index in [9.17, 15) is 4.79 Å². The van der Waals surface area contributed by atoms with E-state index >= 15 is 0 Å². The largest absolute Gasteiger partial charge is 0.341 e. The van der Waals surface area contributed by atoms with E-state index in [1.54, 1.807) is 0 Å². The third kappa shape index (κ3) is 4.82. The molecule has 1 fully saturated rings. The van der Waals surface area contributed by atoms with Gasteiger partial charge in [-0.3, -0.25) is 14.4 Å². The summed E-state index contributed by atoms with van der Waals surface area (Å²) in [4.78, 5) is 16.4. The Kier molecular flexibility index (Phi) is 5.76. The van der Waals surface area contributed by atoms with Crippen LogP contribution in [0.3, 0.4) is 0 Å². The lowest BCUT2D eigenvalue weighted by Crippen LogP contribution is -2.37. The molecule has 2 N–H and O–H groups in total. The molecular formula is C15H27N5O. The number of nitrogens with two attached hydrogens (primary N) is 1. The second-order valence-electron chi connectivity index (χ2n) is 5.90. The highest BCUT2D eigenvalue weighted by atomic mass is 16.2. The normalized spacial score (nSPS) is 18.5. The van der Waals surface area contributed by atoms with Gasteiger partial charge in [-0.05, 0) is 20.3 Å². The van der Waals surface area contributed by atoms with Crippen LogP contribution in [0, 0.1) is 0 Å². The first-order chi connectivity index (χ1) is 10.1. The molecule has 2 rings (SSSR count). The average Bonchev–Trinajstić information content (AvgIpc) is 2.75. The first-order valence-electron chi connectivity index (χ1n) is 7.85. The van der Waals surface area contributed by atoms with Crippen LogP contribution in [0.2, 0.25) is 0 Å². The van der Waals surface area contributed by atoms with Crippen molar-refractivity contribution in [1.82, 2.24) is 19.6 Å². The van der Waals surface area contributed by atoms with Gasteiger partial charge in [0.1, 0.15) is 0 Å². The molecule has 0 radical (unpaired) electrons. The standard InChI is InChI=1S/C15H27N5O/c1-3-20-12-14(10-17-20)11-18-5-4-6-19(8-7-18)15(21)9-13(2)16/h10,12-13H,3-9,11,16H2,1-2H3. The summed E-state index contributed by atoms with van der Waals surface area (Å²) in [5, 5.41) is 4.31. The van der Waals surface area contributed by atoms with E-state index in [0.717, 1.165) is 45.7 Å². The van der Waals surface area contributed by atoms with Crippen LogP contribution < -0.4 is 5.73 Å². The lowest BCUT2D eigenvalue weighted by molar-refractivity contribution is -0.131. The quantitative estimate of drug-likeness (QED) is 0.866. The van der Waals surface area contributed by atoms with Gasteiger partial charge in [-0.25, -0.2) is 0 Å². The second-order valence-corrected chi connectivity index (χ2v) is 5.90. The fourth-order valence-corrected chi connectivity index (χ4v) is 2.70. The maximum absolute atomic E-state index is 12.1. The van der Waals surface area contributed by atoms with E-state index in [1.807, 2.05) is 22.7 Å². The smallest absolute Gasteiger partial charge is 0.224 e. The van der Waals surface area contributed by atoms with Crippen LogP contribution >= 0.6 is 0 Å². The van der Waals surface area contributed by atoms with Gasteiger partial charge < -0.3 is 10.6 Å². The van der Waals surface area contributed by atoms with Crippen LogP contribution in [-0.4, -0.2) is 57.7 Å². The van der Waals surface area contributed by atoms with Crippen molar-refractivity contribution >= 4 is 5.91 Å². The molecule has 1 aliphatic heterocycles. The molecule has 1 aromatic heterocycles. The van der Waals surface area contributed by atoms with E-state index < -0.39 is 0 Å². The van der Waals surface area contributed by atoms with Gasteiger partial charge in [0, 0.05) is 63.5 Å². The highest BCUT2D eigenvalue weighted by Crippen LogP contribution is 2.10. The monoisotopic (exact) mass is 293 g/mol. The van der Waals surface area contributed by atoms with Gasteiger partial charge in [0.05, 0.1) is 6.20 Å². The number of hydrogen-bond donors (Lipinski definition) is 1. The van der Waals surface area contributed by atoms with Gasteiger partial charge in [0.15, 0.2) is 0 Å². The van der Waals surface area contributed by atoms with E-state index in [4.69, 9.17) is 5.73 Å². The Hall–Kier alpha value is -1.40. The van der Waals surface area contributed by atoms with Crippen LogP contribution in [0.25, 0.3) is 0 Å². The zero-order chi connectivity index (χ0) is 15.2. The maximum Gasteiger partial charge on any atom is 0.224 e. The number of hydrogen-bond acceptors (Lipinski definition) is 4. The predicted molar refractivity (Wildman–Crippen MR) is 82.6 cm³/mol. The Morgan fingerprint density at radius 3 is 2.86 bits per heavy atom. The van der Waals surface area contributed by atoms with Crippen LogP contribution in [0.4, 0.5) is 0 Å². The summed E-state index contributed by atoms with van der Waals surface area (Å²) >= 11 is 0. The topological polar surface area (TPSA) is 67.4 Å². The first-order valence-corrected chi connectivity index (χ1v) is 7.85. The van der Waals surface area contributed by atoms with Gasteiger partial charge in [-0.1, -0.05) is 0 Å². The van der Waals surface area contributed by atoms with Crippen molar-refractivity contribution in [2.45, 2.75) is 45.8 Å². The fraction of sp³-hybridized carbons (Fsp3) is 0.733. The molecule has 0 saturated carbocycles. The molecule has 1 atom stereocenters. The molecule has 1 aromatic rings. The molecule has 1 saturated heterocycles. The molecule has 0 aliphatic carbocycles. The third-order valence-corrected chi connectivity index (χ3v) is 3.85. The van der Waals surface area contributed by atoms with E-state index in [-0.39, 0.29) is 11.9 Å². The van der Waals surface area contributed by atoms with Gasteiger partial charge in [0.2, 0.25) is 5.91 Å². The minimum atomic E-state index is -0.0586. The Bertz CT molecular complexity index is 457. The highest BCUT2D eigenvalue weighted by molar-refractivity contribution is 5.76. The van der Waals surface area contributed by atoms with Crippen molar-refractivity contribution in [3.05, 3.63) is 18.0 Å². The molecular weight excluding hydrogens is 266 g/mol. The zero-order valence-corrected chi connectivity index (χ0v) is 13.2. The number of rotatable bonds is 5. The molecule has 6 nitrogen and oxygen atoms in total. The van der Waals surface area contributed by atoms with Crippen LogP contribution in [-0.2, 0) is 17.9 Å². The number of carbonyl (C=O) groups is 1. The molecule has 21 heavy (non-hydrogen) atoms. The zero-order valence-electron chi connectivity index (χ0n) is 13.2. The average molecular weight is 293 g/mol. The summed E-state index contributed by atoms with van der Waals surface area (Å²) in [7, 11) is 0. The first kappa shape index (κ1) is 16.0. The summed E-state index contributed by atoms with van der Waals surface area (Å²) in [5.74, 6) is 0.186. The van der Waals surface area contributed by atoms with Crippen molar-refractivity contribution < 1.29 is 4.79 Å². The van der Waals surface area contributed by atoms with Crippen molar-refractivity contribution in [1.29, 1.82) is 0 Å². The maximum atomic E-state index is 12.1. The van der Waals surface area contributed by atoms with E-state index in [1.165, 1.54) is 5.56 Å². The lowest BCUT2D eigenvalue weighted by Gasteiger charge is -2.22. The molecule has 118 valence electrons. The van der Waals surface area contributed by atoms with Crippen molar-refractivity contribution in [3.8, 4) is 0 Å². The fourth-order valence-electron chi connectivity index (χ4n) is 2.70. The Morgan fingerprint density at radius 1 is 1.38 bits per heavy atom. The van der Waals surface area contributed by atoms with Gasteiger partial charge in [0.25, 0.3) is 0 Å². The summed E-state index contributed by atoms with van der Waals surface area (Å²) < 4.78 is 1.95. The summed E-state index contributed by atoms with van der Waals surface area (Å²) in [5.41, 5.74) is 6.96.